The van der Waals surface area contributed by atoms with E-state index >= 15 is 0 Å². The van der Waals surface area contributed by atoms with E-state index in [1.165, 1.54) is 18.5 Å². The third-order valence-electron chi connectivity index (χ3n) is 2.96. The lowest BCUT2D eigenvalue weighted by Crippen LogP contribution is -2.26. The Morgan fingerprint density at radius 1 is 1.33 bits per heavy atom. The fraction of sp³-hybridized carbons (Fsp3) is 0.385. The van der Waals surface area contributed by atoms with Crippen LogP contribution in [0.1, 0.15) is 25.2 Å². The molecule has 0 aliphatic rings. The largest absolute Gasteiger partial charge is 0.385 e. The van der Waals surface area contributed by atoms with E-state index in [0.717, 1.165) is 0 Å². The molecule has 2 rings (SSSR count). The average Bonchev–Trinajstić information content (AvgIpc) is 2.76. The normalized spacial score (nSPS) is 14.4. The number of hydrogen-bond acceptors (Lipinski definition) is 3. The minimum atomic E-state index is -1.09. The van der Waals surface area contributed by atoms with Crippen LogP contribution in [0.4, 0.5) is 4.39 Å². The second-order valence-corrected chi connectivity index (χ2v) is 4.45. The van der Waals surface area contributed by atoms with Gasteiger partial charge >= 0.3 is 0 Å². The third-order valence-corrected chi connectivity index (χ3v) is 2.96. The molecule has 0 saturated heterocycles. The van der Waals surface area contributed by atoms with Gasteiger partial charge in [-0.05, 0) is 31.5 Å². The van der Waals surface area contributed by atoms with Gasteiger partial charge in [0, 0.05) is 13.0 Å². The number of aliphatic hydroxyl groups is 1. The Bertz CT molecular complexity index is 519. The molecule has 1 heterocycles. The standard InChI is InChI=1S/C13H16FN3O/c1-3-17-12(15-9-16-17)8-13(2,18)10-4-6-11(14)7-5-10/h4-7,9,18H,3,8H2,1-2H3. The zero-order valence-electron chi connectivity index (χ0n) is 10.5. The van der Waals surface area contributed by atoms with Gasteiger partial charge in [-0.3, -0.25) is 4.68 Å². The molecule has 1 atom stereocenters. The van der Waals surface area contributed by atoms with Gasteiger partial charge in [-0.15, -0.1) is 0 Å². The summed E-state index contributed by atoms with van der Waals surface area (Å²) < 4.78 is 14.6. The van der Waals surface area contributed by atoms with Crippen molar-refractivity contribution in [3.63, 3.8) is 0 Å². The van der Waals surface area contributed by atoms with Gasteiger partial charge in [-0.1, -0.05) is 12.1 Å². The van der Waals surface area contributed by atoms with Gasteiger partial charge in [0.25, 0.3) is 0 Å². The van der Waals surface area contributed by atoms with Crippen molar-refractivity contribution in [2.24, 2.45) is 0 Å². The minimum Gasteiger partial charge on any atom is -0.385 e. The van der Waals surface area contributed by atoms with E-state index in [9.17, 15) is 9.50 Å². The van der Waals surface area contributed by atoms with Crippen molar-refractivity contribution >= 4 is 0 Å². The Morgan fingerprint density at radius 3 is 2.61 bits per heavy atom. The van der Waals surface area contributed by atoms with Gasteiger partial charge in [0.05, 0.1) is 5.60 Å². The predicted molar refractivity (Wildman–Crippen MR) is 65.4 cm³/mol. The van der Waals surface area contributed by atoms with Crippen molar-refractivity contribution < 1.29 is 9.50 Å². The van der Waals surface area contributed by atoms with E-state index in [-0.39, 0.29) is 5.82 Å². The Kier molecular flexibility index (Phi) is 3.43. The number of rotatable bonds is 4. The number of nitrogens with zero attached hydrogens (tertiary/aromatic N) is 3. The number of hydrogen-bond donors (Lipinski definition) is 1. The number of halogens is 1. The highest BCUT2D eigenvalue weighted by atomic mass is 19.1. The maximum absolute atomic E-state index is 12.9. The highest BCUT2D eigenvalue weighted by Gasteiger charge is 2.25. The maximum atomic E-state index is 12.9. The van der Waals surface area contributed by atoms with Crippen LogP contribution in [0.15, 0.2) is 30.6 Å². The molecule has 18 heavy (non-hydrogen) atoms. The summed E-state index contributed by atoms with van der Waals surface area (Å²) in [5, 5.41) is 14.5. The van der Waals surface area contributed by atoms with E-state index < -0.39 is 5.60 Å². The van der Waals surface area contributed by atoms with E-state index in [0.29, 0.717) is 24.4 Å². The lowest BCUT2D eigenvalue weighted by molar-refractivity contribution is 0.0542. The van der Waals surface area contributed by atoms with Crippen LogP contribution in [0.5, 0.6) is 0 Å². The van der Waals surface area contributed by atoms with Gasteiger partial charge in [0.15, 0.2) is 0 Å². The SMILES string of the molecule is CCn1ncnc1CC(C)(O)c1ccc(F)cc1. The van der Waals surface area contributed by atoms with Crippen LogP contribution in [-0.2, 0) is 18.6 Å². The van der Waals surface area contributed by atoms with E-state index in [1.807, 2.05) is 6.92 Å². The van der Waals surface area contributed by atoms with Crippen LogP contribution >= 0.6 is 0 Å². The predicted octanol–water partition coefficient (Wildman–Crippen LogP) is 1.89. The first-order valence-electron chi connectivity index (χ1n) is 5.88. The molecular weight excluding hydrogens is 233 g/mol. The zero-order chi connectivity index (χ0) is 13.2. The van der Waals surface area contributed by atoms with Crippen LogP contribution in [0.2, 0.25) is 0 Å². The molecule has 96 valence electrons. The van der Waals surface area contributed by atoms with Crippen molar-refractivity contribution in [2.45, 2.75) is 32.4 Å². The molecule has 1 N–H and O–H groups in total. The van der Waals surface area contributed by atoms with Crippen LogP contribution in [-0.4, -0.2) is 19.9 Å². The Morgan fingerprint density at radius 2 is 2.00 bits per heavy atom. The molecule has 1 unspecified atom stereocenters. The maximum Gasteiger partial charge on any atom is 0.138 e. The summed E-state index contributed by atoms with van der Waals surface area (Å²) in [5.74, 6) is 0.401. The summed E-state index contributed by atoms with van der Waals surface area (Å²) in [5.41, 5.74) is -0.428. The zero-order valence-corrected chi connectivity index (χ0v) is 10.5. The average molecular weight is 249 g/mol. The summed E-state index contributed by atoms with van der Waals surface area (Å²) >= 11 is 0. The van der Waals surface area contributed by atoms with Gasteiger partial charge in [-0.2, -0.15) is 5.10 Å². The molecule has 1 aromatic carbocycles. The summed E-state index contributed by atoms with van der Waals surface area (Å²) in [6.07, 6.45) is 1.81. The van der Waals surface area contributed by atoms with Gasteiger partial charge in [0.1, 0.15) is 18.0 Å². The number of aromatic nitrogens is 3. The molecule has 5 heteroatoms. The molecule has 0 bridgehead atoms. The highest BCUT2D eigenvalue weighted by Crippen LogP contribution is 2.24. The lowest BCUT2D eigenvalue weighted by Gasteiger charge is -2.23. The summed E-state index contributed by atoms with van der Waals surface area (Å²) in [7, 11) is 0. The topological polar surface area (TPSA) is 50.9 Å². The molecule has 1 aromatic heterocycles. The molecule has 0 aliphatic carbocycles. The Balaban J connectivity index is 2.23. The highest BCUT2D eigenvalue weighted by molar-refractivity contribution is 5.23. The molecule has 0 radical (unpaired) electrons. The van der Waals surface area contributed by atoms with Gasteiger partial charge in [0.2, 0.25) is 0 Å². The second kappa shape index (κ2) is 4.86. The summed E-state index contributed by atoms with van der Waals surface area (Å²) in [6.45, 7) is 4.36. The van der Waals surface area contributed by atoms with Crippen molar-refractivity contribution in [1.82, 2.24) is 14.8 Å². The molecule has 0 aliphatic heterocycles. The van der Waals surface area contributed by atoms with E-state index in [2.05, 4.69) is 10.1 Å². The van der Waals surface area contributed by atoms with Crippen molar-refractivity contribution in [3.05, 3.63) is 47.8 Å². The van der Waals surface area contributed by atoms with Crippen LogP contribution < -0.4 is 0 Å². The molecule has 0 fully saturated rings. The first-order valence-corrected chi connectivity index (χ1v) is 5.88. The summed E-state index contributed by atoms with van der Waals surface area (Å²) in [4.78, 5) is 4.13. The molecule has 2 aromatic rings. The van der Waals surface area contributed by atoms with Crippen LogP contribution in [0.25, 0.3) is 0 Å². The minimum absolute atomic E-state index is 0.314. The fourth-order valence-electron chi connectivity index (χ4n) is 1.91. The molecule has 4 nitrogen and oxygen atoms in total. The van der Waals surface area contributed by atoms with Gasteiger partial charge in [-0.25, -0.2) is 9.37 Å². The number of aryl methyl sites for hydroxylation is 1. The number of benzene rings is 1. The third kappa shape index (κ3) is 2.56. The first-order chi connectivity index (χ1) is 8.53. The molecule has 0 saturated carbocycles. The monoisotopic (exact) mass is 249 g/mol. The summed E-state index contributed by atoms with van der Waals surface area (Å²) in [6, 6.07) is 5.85. The molecular formula is C13H16FN3O. The van der Waals surface area contributed by atoms with Crippen molar-refractivity contribution in [3.8, 4) is 0 Å². The Labute approximate surface area is 105 Å². The van der Waals surface area contributed by atoms with E-state index in [1.54, 1.807) is 23.7 Å². The van der Waals surface area contributed by atoms with Crippen LogP contribution in [0.3, 0.4) is 0 Å². The van der Waals surface area contributed by atoms with Crippen LogP contribution in [0, 0.1) is 5.82 Å². The fourth-order valence-corrected chi connectivity index (χ4v) is 1.91. The Hall–Kier alpha value is -1.75. The van der Waals surface area contributed by atoms with Gasteiger partial charge < -0.3 is 5.11 Å². The second-order valence-electron chi connectivity index (χ2n) is 4.45. The molecule has 0 spiro atoms. The quantitative estimate of drug-likeness (QED) is 0.900. The van der Waals surface area contributed by atoms with E-state index in [4.69, 9.17) is 0 Å². The van der Waals surface area contributed by atoms with Crippen molar-refractivity contribution in [2.75, 3.05) is 0 Å². The molecule has 0 amide bonds. The van der Waals surface area contributed by atoms with Crippen molar-refractivity contribution in [1.29, 1.82) is 0 Å². The smallest absolute Gasteiger partial charge is 0.138 e. The lowest BCUT2D eigenvalue weighted by atomic mass is 9.92. The first kappa shape index (κ1) is 12.7.